The third-order valence-corrected chi connectivity index (χ3v) is 4.73. The van der Waals surface area contributed by atoms with E-state index in [9.17, 15) is 0 Å². The van der Waals surface area contributed by atoms with E-state index in [1.165, 1.54) is 16.7 Å². The van der Waals surface area contributed by atoms with Gasteiger partial charge in [0.1, 0.15) is 0 Å². The quantitative estimate of drug-likeness (QED) is 0.864. The smallest absolute Gasteiger partial charge is 0.00340 e. The standard InChI is InChI=1S/C18H32N2/c1-12-7-8-15(9-17(12)18(4,5)6)13(2)14(3)16(10-19)11-20/h7-9,13-14,16H,10-11,19-20H2,1-6H3. The van der Waals surface area contributed by atoms with Crippen LogP contribution in [0.4, 0.5) is 0 Å². The van der Waals surface area contributed by atoms with Crippen molar-refractivity contribution in [2.24, 2.45) is 23.3 Å². The Morgan fingerprint density at radius 1 is 1.05 bits per heavy atom. The molecule has 0 heterocycles. The Hall–Kier alpha value is -0.860. The third-order valence-electron chi connectivity index (χ3n) is 4.73. The van der Waals surface area contributed by atoms with Gasteiger partial charge in [0, 0.05) is 0 Å². The molecule has 0 saturated heterocycles. The predicted octanol–water partition coefficient (Wildman–Crippen LogP) is 3.57. The van der Waals surface area contributed by atoms with Crippen LogP contribution in [0.5, 0.6) is 0 Å². The Morgan fingerprint density at radius 3 is 2.05 bits per heavy atom. The van der Waals surface area contributed by atoms with Crippen molar-refractivity contribution in [2.75, 3.05) is 13.1 Å². The second kappa shape index (κ2) is 6.73. The number of rotatable bonds is 5. The zero-order chi connectivity index (χ0) is 15.5. The summed E-state index contributed by atoms with van der Waals surface area (Å²) < 4.78 is 0. The molecule has 0 bridgehead atoms. The molecule has 0 aliphatic rings. The van der Waals surface area contributed by atoms with E-state index in [0.717, 1.165) is 0 Å². The SMILES string of the molecule is Cc1ccc(C(C)C(C)C(CN)CN)cc1C(C)(C)C. The van der Waals surface area contributed by atoms with E-state index >= 15 is 0 Å². The predicted molar refractivity (Wildman–Crippen MR) is 89.1 cm³/mol. The molecule has 4 N–H and O–H groups in total. The van der Waals surface area contributed by atoms with Crippen molar-refractivity contribution in [1.82, 2.24) is 0 Å². The molecule has 2 unspecified atom stereocenters. The van der Waals surface area contributed by atoms with Gasteiger partial charge in [0.15, 0.2) is 0 Å². The maximum atomic E-state index is 5.84. The monoisotopic (exact) mass is 276 g/mol. The molecule has 0 aliphatic carbocycles. The summed E-state index contributed by atoms with van der Waals surface area (Å²) in [5.41, 5.74) is 16.1. The van der Waals surface area contributed by atoms with Crippen molar-refractivity contribution in [3.63, 3.8) is 0 Å². The van der Waals surface area contributed by atoms with Crippen LogP contribution in [-0.2, 0) is 5.41 Å². The van der Waals surface area contributed by atoms with Crippen LogP contribution in [0.25, 0.3) is 0 Å². The summed E-state index contributed by atoms with van der Waals surface area (Å²) in [5, 5.41) is 0. The van der Waals surface area contributed by atoms with Gasteiger partial charge in [-0.25, -0.2) is 0 Å². The van der Waals surface area contributed by atoms with Crippen LogP contribution in [0.2, 0.25) is 0 Å². The van der Waals surface area contributed by atoms with Crippen molar-refractivity contribution >= 4 is 0 Å². The molecule has 0 aromatic heterocycles. The molecule has 0 spiro atoms. The van der Waals surface area contributed by atoms with Crippen molar-refractivity contribution < 1.29 is 0 Å². The zero-order valence-electron chi connectivity index (χ0n) is 14.0. The minimum absolute atomic E-state index is 0.185. The number of nitrogens with two attached hydrogens (primary N) is 2. The summed E-state index contributed by atoms with van der Waals surface area (Å²) in [6, 6.07) is 6.88. The molecular formula is C18H32N2. The topological polar surface area (TPSA) is 52.0 Å². The molecule has 0 amide bonds. The lowest BCUT2D eigenvalue weighted by Crippen LogP contribution is -2.31. The van der Waals surface area contributed by atoms with Crippen molar-refractivity contribution in [3.05, 3.63) is 34.9 Å². The summed E-state index contributed by atoms with van der Waals surface area (Å²) in [4.78, 5) is 0. The van der Waals surface area contributed by atoms with E-state index in [1.54, 1.807) is 0 Å². The lowest BCUT2D eigenvalue weighted by molar-refractivity contribution is 0.328. The van der Waals surface area contributed by atoms with E-state index in [-0.39, 0.29) is 5.41 Å². The second-order valence-electron chi connectivity index (χ2n) is 7.20. The van der Waals surface area contributed by atoms with Gasteiger partial charge in [-0.1, -0.05) is 52.8 Å². The summed E-state index contributed by atoms with van der Waals surface area (Å²) >= 11 is 0. The Kier molecular flexibility index (Phi) is 5.79. The summed E-state index contributed by atoms with van der Waals surface area (Å²) in [6.07, 6.45) is 0. The van der Waals surface area contributed by atoms with E-state index in [2.05, 4.69) is 59.7 Å². The third kappa shape index (κ3) is 3.83. The molecule has 1 aromatic carbocycles. The van der Waals surface area contributed by atoms with Crippen LogP contribution in [0.15, 0.2) is 18.2 Å². The summed E-state index contributed by atoms with van der Waals surface area (Å²) in [6.45, 7) is 14.9. The lowest BCUT2D eigenvalue weighted by atomic mass is 9.77. The van der Waals surface area contributed by atoms with Gasteiger partial charge in [0.25, 0.3) is 0 Å². The molecule has 1 rings (SSSR count). The average molecular weight is 276 g/mol. The fourth-order valence-corrected chi connectivity index (χ4v) is 2.97. The Labute approximate surface area is 124 Å². The molecule has 2 heteroatoms. The van der Waals surface area contributed by atoms with E-state index in [4.69, 9.17) is 11.5 Å². The van der Waals surface area contributed by atoms with Crippen LogP contribution in [0.3, 0.4) is 0 Å². The zero-order valence-corrected chi connectivity index (χ0v) is 14.0. The fourth-order valence-electron chi connectivity index (χ4n) is 2.97. The van der Waals surface area contributed by atoms with E-state index < -0.39 is 0 Å². The van der Waals surface area contributed by atoms with Crippen LogP contribution in [0, 0.1) is 18.8 Å². The average Bonchev–Trinajstić information content (AvgIpc) is 2.38. The van der Waals surface area contributed by atoms with Crippen LogP contribution < -0.4 is 11.5 Å². The van der Waals surface area contributed by atoms with Gasteiger partial charge in [0.05, 0.1) is 0 Å². The normalized spacial score (nSPS) is 15.4. The lowest BCUT2D eigenvalue weighted by Gasteiger charge is -2.29. The largest absolute Gasteiger partial charge is 0.330 e. The Balaban J connectivity index is 3.08. The van der Waals surface area contributed by atoms with Crippen LogP contribution in [-0.4, -0.2) is 13.1 Å². The number of benzene rings is 1. The highest BCUT2D eigenvalue weighted by atomic mass is 14.6. The van der Waals surface area contributed by atoms with Gasteiger partial charge in [-0.05, 0) is 59.9 Å². The molecule has 0 radical (unpaired) electrons. The molecule has 2 atom stereocenters. The molecule has 114 valence electrons. The Bertz CT molecular complexity index is 428. The minimum Gasteiger partial charge on any atom is -0.330 e. The first-order valence-corrected chi connectivity index (χ1v) is 7.73. The van der Waals surface area contributed by atoms with Crippen molar-refractivity contribution in [2.45, 2.75) is 52.9 Å². The van der Waals surface area contributed by atoms with Gasteiger partial charge in [-0.15, -0.1) is 0 Å². The Morgan fingerprint density at radius 2 is 1.60 bits per heavy atom. The van der Waals surface area contributed by atoms with Crippen molar-refractivity contribution in [1.29, 1.82) is 0 Å². The molecule has 0 saturated carbocycles. The van der Waals surface area contributed by atoms with Gasteiger partial charge in [-0.2, -0.15) is 0 Å². The highest BCUT2D eigenvalue weighted by Gasteiger charge is 2.24. The summed E-state index contributed by atoms with van der Waals surface area (Å²) in [5.74, 6) is 1.37. The van der Waals surface area contributed by atoms with E-state index in [0.29, 0.717) is 30.8 Å². The second-order valence-corrected chi connectivity index (χ2v) is 7.20. The summed E-state index contributed by atoms with van der Waals surface area (Å²) in [7, 11) is 0. The first-order chi connectivity index (χ1) is 9.22. The van der Waals surface area contributed by atoms with Crippen LogP contribution >= 0.6 is 0 Å². The first-order valence-electron chi connectivity index (χ1n) is 7.73. The number of hydrogen-bond donors (Lipinski definition) is 2. The van der Waals surface area contributed by atoms with Gasteiger partial charge >= 0.3 is 0 Å². The van der Waals surface area contributed by atoms with E-state index in [1.807, 2.05) is 0 Å². The molecule has 20 heavy (non-hydrogen) atoms. The highest BCUT2D eigenvalue weighted by molar-refractivity contribution is 5.37. The minimum atomic E-state index is 0.185. The van der Waals surface area contributed by atoms with Gasteiger partial charge < -0.3 is 11.5 Å². The van der Waals surface area contributed by atoms with Crippen LogP contribution in [0.1, 0.15) is 57.2 Å². The highest BCUT2D eigenvalue weighted by Crippen LogP contribution is 2.33. The molecule has 1 aromatic rings. The maximum absolute atomic E-state index is 5.84. The van der Waals surface area contributed by atoms with Crippen molar-refractivity contribution in [3.8, 4) is 0 Å². The number of hydrogen-bond acceptors (Lipinski definition) is 2. The number of aryl methyl sites for hydroxylation is 1. The fraction of sp³-hybridized carbons (Fsp3) is 0.667. The molecular weight excluding hydrogens is 244 g/mol. The molecule has 0 fully saturated rings. The molecule has 0 aliphatic heterocycles. The van der Waals surface area contributed by atoms with Gasteiger partial charge in [-0.3, -0.25) is 0 Å². The molecule has 2 nitrogen and oxygen atoms in total. The first kappa shape index (κ1) is 17.2. The maximum Gasteiger partial charge on any atom is -0.00340 e. The van der Waals surface area contributed by atoms with Gasteiger partial charge in [0.2, 0.25) is 0 Å².